The zero-order valence-corrected chi connectivity index (χ0v) is 46.4. The summed E-state index contributed by atoms with van der Waals surface area (Å²) < 4.78 is 0. The summed E-state index contributed by atoms with van der Waals surface area (Å²) in [5, 5.41) is 0. The molecule has 0 atom stereocenters. The quantitative estimate of drug-likeness (QED) is 0.169. The van der Waals surface area contributed by atoms with E-state index in [0.29, 0.717) is 6.42 Å². The van der Waals surface area contributed by atoms with Crippen molar-refractivity contribution in [2.45, 2.75) is 82.6 Å². The smallest absolute Gasteiger partial charge is 0.134 e. The summed E-state index contributed by atoms with van der Waals surface area (Å²) in [6.07, 6.45) is 0.556. The molecule has 0 saturated heterocycles. The first-order valence-electron chi connectivity index (χ1n) is 25.4. The second-order valence-corrected chi connectivity index (χ2v) is 17.8. The average molecular weight is 977 g/mol. The van der Waals surface area contributed by atoms with Crippen LogP contribution in [0.3, 0.4) is 0 Å². The molecule has 0 fully saturated rings. The van der Waals surface area contributed by atoms with Gasteiger partial charge >= 0.3 is 0 Å². The number of Topliss-reactive ketones (excluding diaryl/α,β-unsaturated/α-hetero) is 1. The van der Waals surface area contributed by atoms with E-state index in [-0.39, 0.29) is 5.78 Å². The highest BCUT2D eigenvalue weighted by Crippen LogP contribution is 2.04. The van der Waals surface area contributed by atoms with E-state index in [1.54, 1.807) is 6.92 Å². The van der Waals surface area contributed by atoms with Crippen molar-refractivity contribution in [1.29, 1.82) is 0 Å². The first-order valence-corrected chi connectivity index (χ1v) is 25.4. The van der Waals surface area contributed by atoms with Gasteiger partial charge in [-0.05, 0) is 81.7 Å². The van der Waals surface area contributed by atoms with Crippen molar-refractivity contribution in [1.82, 2.24) is 0 Å². The number of carbonyl (C=O) groups is 1. The zero-order chi connectivity index (χ0) is 54.3. The van der Waals surface area contributed by atoms with E-state index in [0.717, 1.165) is 5.56 Å². The lowest BCUT2D eigenvalue weighted by Gasteiger charge is -1.96. The van der Waals surface area contributed by atoms with E-state index in [9.17, 15) is 4.79 Å². The van der Waals surface area contributed by atoms with E-state index >= 15 is 0 Å². The fourth-order valence-electron chi connectivity index (χ4n) is 5.80. The highest BCUT2D eigenvalue weighted by atomic mass is 16.1. The summed E-state index contributed by atoms with van der Waals surface area (Å²) in [5.41, 5.74) is 14.2. The highest BCUT2D eigenvalue weighted by molar-refractivity contribution is 5.78. The fourth-order valence-corrected chi connectivity index (χ4v) is 5.80. The Kier molecular flexibility index (Phi) is 37.7. The number of aryl methyl sites for hydroxylation is 10. The van der Waals surface area contributed by atoms with Crippen molar-refractivity contribution in [2.24, 2.45) is 0 Å². The molecule has 0 unspecified atom stereocenters. The molecule has 382 valence electrons. The van der Waals surface area contributed by atoms with E-state index in [1.165, 1.54) is 55.6 Å². The van der Waals surface area contributed by atoms with Crippen LogP contribution in [0.5, 0.6) is 0 Å². The van der Waals surface area contributed by atoms with Crippen molar-refractivity contribution in [3.63, 3.8) is 0 Å². The fraction of sp³-hybridized carbons (Fsp3) is 0.164. The molecule has 0 amide bonds. The molecule has 0 aliphatic heterocycles. The number of carbonyl (C=O) groups excluding carboxylic acids is 1. The minimum absolute atomic E-state index is 0.217. The normalized spacial score (nSPS) is 8.85. The summed E-state index contributed by atoms with van der Waals surface area (Å²) in [7, 11) is 0. The Balaban J connectivity index is 0.000000413. The Bertz CT molecular complexity index is 2190. The van der Waals surface area contributed by atoms with Gasteiger partial charge in [-0.15, -0.1) is 0 Å². The summed E-state index contributed by atoms with van der Waals surface area (Å²) in [6.45, 7) is 22.4. The van der Waals surface area contributed by atoms with Gasteiger partial charge in [0.2, 0.25) is 0 Å². The van der Waals surface area contributed by atoms with Gasteiger partial charge in [0.25, 0.3) is 0 Å². The Hall–Kier alpha value is -8.13. The maximum Gasteiger partial charge on any atom is 0.134 e. The molecule has 1 heteroatoms. The molecule has 1 nitrogen and oxygen atoms in total. The summed E-state index contributed by atoms with van der Waals surface area (Å²) in [6, 6.07) is 100. The third kappa shape index (κ3) is 41.6. The third-order valence-corrected chi connectivity index (χ3v) is 10.0. The molecule has 10 rings (SSSR count). The topological polar surface area (TPSA) is 17.1 Å². The molecule has 74 heavy (non-hydrogen) atoms. The number of benzene rings is 10. The molecule has 0 aromatic heterocycles. The molecular formula is C73H84O. The van der Waals surface area contributed by atoms with Crippen molar-refractivity contribution >= 4 is 5.78 Å². The number of hydrogen-bond donors (Lipinski definition) is 0. The van der Waals surface area contributed by atoms with Crippen LogP contribution < -0.4 is 0 Å². The van der Waals surface area contributed by atoms with Crippen LogP contribution in [0.2, 0.25) is 0 Å². The third-order valence-electron chi connectivity index (χ3n) is 10.0. The summed E-state index contributed by atoms with van der Waals surface area (Å²) >= 11 is 0. The predicted octanol–water partition coefficient (Wildman–Crippen LogP) is 20.1. The van der Waals surface area contributed by atoms with E-state index in [2.05, 4.69) is 172 Å². The molecule has 0 N–H and O–H groups in total. The van der Waals surface area contributed by atoms with Crippen LogP contribution in [0, 0.1) is 69.2 Å². The molecule has 0 aliphatic carbocycles. The SMILES string of the molecule is CC(=O)Cc1ccc(C)cc1.Cc1ccccc1.Cc1ccccc1.Cc1ccccc1.Cc1ccccc1.Cc1ccccc1.Cc1ccccc1.Cc1ccccc1.Cc1ccccc1.Cc1ccccc1. The van der Waals surface area contributed by atoms with Crippen LogP contribution in [0.1, 0.15) is 68.1 Å². The summed E-state index contributed by atoms with van der Waals surface area (Å²) in [4.78, 5) is 10.7. The van der Waals surface area contributed by atoms with Crippen LogP contribution in [0.25, 0.3) is 0 Å². The Morgan fingerprint density at radius 1 is 0.203 bits per heavy atom. The van der Waals surface area contributed by atoms with Crippen molar-refractivity contribution < 1.29 is 4.79 Å². The van der Waals surface area contributed by atoms with E-state index < -0.39 is 0 Å². The van der Waals surface area contributed by atoms with Gasteiger partial charge in [0.15, 0.2) is 0 Å². The Labute approximate surface area is 449 Å². The molecule has 10 aromatic rings. The summed E-state index contributed by atoms with van der Waals surface area (Å²) in [5.74, 6) is 0.217. The average Bonchev–Trinajstić information content (AvgIpc) is 3.41. The first kappa shape index (κ1) is 63.9. The lowest BCUT2D eigenvalue weighted by atomic mass is 10.1. The highest BCUT2D eigenvalue weighted by Gasteiger charge is 1.95. The van der Waals surface area contributed by atoms with Gasteiger partial charge in [-0.2, -0.15) is 0 Å². The lowest BCUT2D eigenvalue weighted by Crippen LogP contribution is -1.95. The number of ketones is 1. The molecule has 0 heterocycles. The number of rotatable bonds is 2. The van der Waals surface area contributed by atoms with Crippen LogP contribution in [-0.4, -0.2) is 5.78 Å². The zero-order valence-electron chi connectivity index (χ0n) is 46.4. The van der Waals surface area contributed by atoms with Gasteiger partial charge in [0.05, 0.1) is 0 Å². The largest absolute Gasteiger partial charge is 0.300 e. The van der Waals surface area contributed by atoms with E-state index in [1.807, 2.05) is 195 Å². The van der Waals surface area contributed by atoms with Gasteiger partial charge in [0, 0.05) is 6.42 Å². The van der Waals surface area contributed by atoms with Crippen LogP contribution >= 0.6 is 0 Å². The minimum atomic E-state index is 0.217. The first-order chi connectivity index (χ1) is 35.7. The molecule has 10 aromatic carbocycles. The molecule has 0 radical (unpaired) electrons. The van der Waals surface area contributed by atoms with Crippen molar-refractivity contribution in [2.75, 3.05) is 0 Å². The van der Waals surface area contributed by atoms with Gasteiger partial charge in [-0.1, -0.05) is 353 Å². The molecule has 0 saturated carbocycles. The Morgan fingerprint density at radius 3 is 0.419 bits per heavy atom. The van der Waals surface area contributed by atoms with Gasteiger partial charge in [-0.3, -0.25) is 4.79 Å². The van der Waals surface area contributed by atoms with Crippen molar-refractivity contribution in [3.05, 3.63) is 358 Å². The number of hydrogen-bond acceptors (Lipinski definition) is 1. The predicted molar refractivity (Wildman–Crippen MR) is 326 cm³/mol. The van der Waals surface area contributed by atoms with Gasteiger partial charge in [0.1, 0.15) is 5.78 Å². The van der Waals surface area contributed by atoms with Crippen LogP contribution in [-0.2, 0) is 11.2 Å². The molecule has 0 spiro atoms. The molecular weight excluding hydrogens is 893 g/mol. The Morgan fingerprint density at radius 2 is 0.324 bits per heavy atom. The van der Waals surface area contributed by atoms with E-state index in [4.69, 9.17) is 0 Å². The van der Waals surface area contributed by atoms with Crippen LogP contribution in [0.15, 0.2) is 297 Å². The van der Waals surface area contributed by atoms with Crippen LogP contribution in [0.4, 0.5) is 0 Å². The van der Waals surface area contributed by atoms with Gasteiger partial charge in [-0.25, -0.2) is 0 Å². The lowest BCUT2D eigenvalue weighted by molar-refractivity contribution is -0.116. The molecule has 0 bridgehead atoms. The monoisotopic (exact) mass is 977 g/mol. The van der Waals surface area contributed by atoms with Crippen molar-refractivity contribution in [3.8, 4) is 0 Å². The second kappa shape index (κ2) is 43.6. The standard InChI is InChI=1S/C10H12O.9C7H8/c1-8-3-5-10(6-4-8)7-9(2)11;9*1-7-5-3-2-4-6-7/h3-6H,7H2,1-2H3;9*2-6H,1H3. The maximum atomic E-state index is 10.7. The second-order valence-electron chi connectivity index (χ2n) is 17.8. The maximum absolute atomic E-state index is 10.7. The minimum Gasteiger partial charge on any atom is -0.300 e. The molecule has 0 aliphatic rings. The van der Waals surface area contributed by atoms with Gasteiger partial charge < -0.3 is 0 Å².